The predicted octanol–water partition coefficient (Wildman–Crippen LogP) is 3.88. The zero-order valence-corrected chi connectivity index (χ0v) is 13.6. The molecular weight excluding hydrogens is 262 g/mol. The summed E-state index contributed by atoms with van der Waals surface area (Å²) in [5.41, 5.74) is 3.54. The minimum atomic E-state index is 0.209. The average Bonchev–Trinajstić information content (AvgIpc) is 2.80. The molecule has 0 saturated carbocycles. The monoisotopic (exact) mass is 287 g/mol. The zero-order chi connectivity index (χ0) is 15.4. The molecule has 2 rings (SSSR count). The summed E-state index contributed by atoms with van der Waals surface area (Å²) in [5, 5.41) is 3.50. The number of aromatic nitrogens is 2. The van der Waals surface area contributed by atoms with E-state index in [0.29, 0.717) is 6.61 Å². The van der Waals surface area contributed by atoms with Crippen molar-refractivity contribution in [3.8, 4) is 0 Å². The Hall–Kier alpha value is -1.81. The van der Waals surface area contributed by atoms with Gasteiger partial charge in [-0.15, -0.1) is 0 Å². The van der Waals surface area contributed by atoms with E-state index >= 15 is 0 Å². The minimum Gasteiger partial charge on any atom is -0.383 e. The summed E-state index contributed by atoms with van der Waals surface area (Å²) < 4.78 is 7.39. The lowest BCUT2D eigenvalue weighted by atomic mass is 10.1. The molecule has 0 fully saturated rings. The van der Waals surface area contributed by atoms with Gasteiger partial charge in [0.15, 0.2) is 0 Å². The van der Waals surface area contributed by atoms with Gasteiger partial charge < -0.3 is 14.6 Å². The van der Waals surface area contributed by atoms with E-state index in [1.54, 1.807) is 7.11 Å². The molecule has 0 saturated heterocycles. The second kappa shape index (κ2) is 6.76. The van der Waals surface area contributed by atoms with Crippen LogP contribution < -0.4 is 5.32 Å². The van der Waals surface area contributed by atoms with Crippen LogP contribution in [0.25, 0.3) is 0 Å². The van der Waals surface area contributed by atoms with Gasteiger partial charge in [-0.2, -0.15) is 0 Å². The molecule has 0 radical (unpaired) electrons. The number of hydrogen-bond donors (Lipinski definition) is 1. The standard InChI is InChI=1S/C17H25N3O/c1-12-6-8-16(9-7-12)15(4)19-17-18-13(2)10-20(17)14(3)11-21-5/h6-10,14-15H,11H2,1-5H3,(H,18,19). The summed E-state index contributed by atoms with van der Waals surface area (Å²) in [6.07, 6.45) is 2.06. The first-order valence-corrected chi connectivity index (χ1v) is 7.38. The Morgan fingerprint density at radius 2 is 1.86 bits per heavy atom. The highest BCUT2D eigenvalue weighted by molar-refractivity contribution is 5.35. The van der Waals surface area contributed by atoms with E-state index in [0.717, 1.165) is 11.6 Å². The molecule has 1 N–H and O–H groups in total. The van der Waals surface area contributed by atoms with Gasteiger partial charge in [-0.1, -0.05) is 29.8 Å². The number of rotatable bonds is 6. The van der Waals surface area contributed by atoms with Gasteiger partial charge in [0, 0.05) is 13.3 Å². The highest BCUT2D eigenvalue weighted by atomic mass is 16.5. The van der Waals surface area contributed by atoms with E-state index in [4.69, 9.17) is 4.74 Å². The van der Waals surface area contributed by atoms with Crippen LogP contribution in [0.2, 0.25) is 0 Å². The van der Waals surface area contributed by atoms with Crippen LogP contribution in [0.4, 0.5) is 5.95 Å². The molecule has 4 heteroatoms. The lowest BCUT2D eigenvalue weighted by Crippen LogP contribution is -2.16. The molecule has 0 aliphatic rings. The molecule has 4 nitrogen and oxygen atoms in total. The van der Waals surface area contributed by atoms with Crippen molar-refractivity contribution in [1.29, 1.82) is 0 Å². The number of methoxy groups -OCH3 is 1. The van der Waals surface area contributed by atoms with Gasteiger partial charge in [0.25, 0.3) is 0 Å². The quantitative estimate of drug-likeness (QED) is 0.876. The summed E-state index contributed by atoms with van der Waals surface area (Å²) in [7, 11) is 1.72. The molecule has 0 aliphatic carbocycles. The molecule has 21 heavy (non-hydrogen) atoms. The van der Waals surface area contributed by atoms with Crippen LogP contribution in [0, 0.1) is 13.8 Å². The first-order chi connectivity index (χ1) is 10.0. The molecule has 2 unspecified atom stereocenters. The second-order valence-electron chi connectivity index (χ2n) is 5.69. The van der Waals surface area contributed by atoms with E-state index in [2.05, 4.69) is 66.1 Å². The van der Waals surface area contributed by atoms with Gasteiger partial charge >= 0.3 is 0 Å². The van der Waals surface area contributed by atoms with E-state index in [-0.39, 0.29) is 12.1 Å². The third kappa shape index (κ3) is 3.85. The molecular formula is C17H25N3O. The van der Waals surface area contributed by atoms with E-state index in [9.17, 15) is 0 Å². The van der Waals surface area contributed by atoms with Crippen LogP contribution in [0.5, 0.6) is 0 Å². The fraction of sp³-hybridized carbons (Fsp3) is 0.471. The summed E-state index contributed by atoms with van der Waals surface area (Å²) in [6.45, 7) is 9.07. The maximum Gasteiger partial charge on any atom is 0.203 e. The van der Waals surface area contributed by atoms with Crippen molar-refractivity contribution in [2.45, 2.75) is 39.8 Å². The number of nitrogens with one attached hydrogen (secondary N) is 1. The van der Waals surface area contributed by atoms with Crippen molar-refractivity contribution in [1.82, 2.24) is 9.55 Å². The van der Waals surface area contributed by atoms with Crippen molar-refractivity contribution in [2.75, 3.05) is 19.0 Å². The Balaban J connectivity index is 2.17. The normalized spacial score (nSPS) is 14.0. The van der Waals surface area contributed by atoms with Crippen LogP contribution in [-0.2, 0) is 4.74 Å². The van der Waals surface area contributed by atoms with Gasteiger partial charge in [0.2, 0.25) is 5.95 Å². The van der Waals surface area contributed by atoms with Crippen LogP contribution in [-0.4, -0.2) is 23.3 Å². The first-order valence-electron chi connectivity index (χ1n) is 7.38. The highest BCUT2D eigenvalue weighted by Crippen LogP contribution is 2.22. The molecule has 0 amide bonds. The second-order valence-corrected chi connectivity index (χ2v) is 5.69. The summed E-state index contributed by atoms with van der Waals surface area (Å²) >= 11 is 0. The Bertz CT molecular complexity index is 574. The largest absolute Gasteiger partial charge is 0.383 e. The molecule has 1 aromatic carbocycles. The highest BCUT2D eigenvalue weighted by Gasteiger charge is 2.14. The van der Waals surface area contributed by atoms with Crippen molar-refractivity contribution in [3.05, 3.63) is 47.3 Å². The molecule has 0 spiro atoms. The SMILES string of the molecule is COCC(C)n1cc(C)nc1NC(C)c1ccc(C)cc1. The molecule has 0 bridgehead atoms. The van der Waals surface area contributed by atoms with Crippen LogP contribution in [0.1, 0.15) is 42.8 Å². The maximum absolute atomic E-state index is 5.25. The lowest BCUT2D eigenvalue weighted by molar-refractivity contribution is 0.163. The van der Waals surface area contributed by atoms with Crippen molar-refractivity contribution < 1.29 is 4.74 Å². The number of anilines is 1. The molecule has 114 valence electrons. The zero-order valence-electron chi connectivity index (χ0n) is 13.6. The van der Waals surface area contributed by atoms with Crippen molar-refractivity contribution in [3.63, 3.8) is 0 Å². The van der Waals surface area contributed by atoms with Gasteiger partial charge in [0.05, 0.1) is 24.4 Å². The van der Waals surface area contributed by atoms with Gasteiger partial charge in [0.1, 0.15) is 0 Å². The number of hydrogen-bond acceptors (Lipinski definition) is 3. The minimum absolute atomic E-state index is 0.209. The summed E-state index contributed by atoms with van der Waals surface area (Å²) in [5.74, 6) is 0.894. The molecule has 2 atom stereocenters. The number of aryl methyl sites for hydroxylation is 2. The van der Waals surface area contributed by atoms with Crippen LogP contribution in [0.15, 0.2) is 30.5 Å². The van der Waals surface area contributed by atoms with Crippen LogP contribution >= 0.6 is 0 Å². The van der Waals surface area contributed by atoms with Crippen LogP contribution in [0.3, 0.4) is 0 Å². The van der Waals surface area contributed by atoms with E-state index in [1.807, 2.05) is 6.92 Å². The molecule has 1 heterocycles. The molecule has 2 aromatic rings. The predicted molar refractivity (Wildman–Crippen MR) is 86.8 cm³/mol. The fourth-order valence-corrected chi connectivity index (χ4v) is 2.41. The fourth-order valence-electron chi connectivity index (χ4n) is 2.41. The van der Waals surface area contributed by atoms with Gasteiger partial charge in [-0.3, -0.25) is 0 Å². The maximum atomic E-state index is 5.25. The number of imidazole rings is 1. The van der Waals surface area contributed by atoms with Gasteiger partial charge in [-0.05, 0) is 33.3 Å². The number of ether oxygens (including phenoxy) is 1. The first kappa shape index (κ1) is 15.6. The smallest absolute Gasteiger partial charge is 0.203 e. The Labute approximate surface area is 127 Å². The lowest BCUT2D eigenvalue weighted by Gasteiger charge is -2.20. The van der Waals surface area contributed by atoms with Gasteiger partial charge in [-0.25, -0.2) is 4.98 Å². The summed E-state index contributed by atoms with van der Waals surface area (Å²) in [6, 6.07) is 9.06. The van der Waals surface area contributed by atoms with E-state index < -0.39 is 0 Å². The third-order valence-electron chi connectivity index (χ3n) is 3.66. The Morgan fingerprint density at radius 1 is 1.19 bits per heavy atom. The molecule has 1 aromatic heterocycles. The number of benzene rings is 1. The Morgan fingerprint density at radius 3 is 2.48 bits per heavy atom. The van der Waals surface area contributed by atoms with Crippen molar-refractivity contribution in [2.24, 2.45) is 0 Å². The third-order valence-corrected chi connectivity index (χ3v) is 3.66. The topological polar surface area (TPSA) is 39.1 Å². The Kier molecular flexibility index (Phi) is 5.02. The number of nitrogens with zero attached hydrogens (tertiary/aromatic N) is 2. The van der Waals surface area contributed by atoms with E-state index in [1.165, 1.54) is 11.1 Å². The summed E-state index contributed by atoms with van der Waals surface area (Å²) in [4.78, 5) is 4.59. The van der Waals surface area contributed by atoms with Crippen molar-refractivity contribution >= 4 is 5.95 Å². The average molecular weight is 287 g/mol. The molecule has 0 aliphatic heterocycles.